The summed E-state index contributed by atoms with van der Waals surface area (Å²) in [6.45, 7) is 3.55. The van der Waals surface area contributed by atoms with Crippen molar-refractivity contribution in [2.24, 2.45) is 17.4 Å². The first kappa shape index (κ1) is 16.6. The molecule has 0 spiro atoms. The van der Waals surface area contributed by atoms with Gasteiger partial charge in [-0.25, -0.2) is 0 Å². The molecule has 6 nitrogen and oxygen atoms in total. The Balaban J connectivity index is 0. The molecule has 0 aromatic rings. The highest BCUT2D eigenvalue weighted by molar-refractivity contribution is 7.80. The highest BCUT2D eigenvalue weighted by Crippen LogP contribution is 1.96. The second kappa shape index (κ2) is 8.51. The van der Waals surface area contributed by atoms with E-state index < -0.39 is 24.0 Å². The van der Waals surface area contributed by atoms with E-state index in [1.165, 1.54) is 0 Å². The Hall–Kier alpha value is -0.790. The van der Waals surface area contributed by atoms with Crippen LogP contribution < -0.4 is 11.5 Å². The van der Waals surface area contributed by atoms with Crippen LogP contribution in [0.25, 0.3) is 0 Å². The SMILES string of the molecule is CC(C)C(N)C(=O)O.NC(CS)C(=O)O. The molecule has 0 bridgehead atoms. The number of nitrogens with two attached hydrogens (primary N) is 2. The number of hydrogen-bond donors (Lipinski definition) is 5. The van der Waals surface area contributed by atoms with Gasteiger partial charge in [0.15, 0.2) is 0 Å². The van der Waals surface area contributed by atoms with Crippen LogP contribution in [-0.4, -0.2) is 40.0 Å². The van der Waals surface area contributed by atoms with Gasteiger partial charge in [-0.3, -0.25) is 9.59 Å². The highest BCUT2D eigenvalue weighted by Gasteiger charge is 2.14. The van der Waals surface area contributed by atoms with Crippen molar-refractivity contribution in [2.45, 2.75) is 25.9 Å². The summed E-state index contributed by atoms with van der Waals surface area (Å²) in [7, 11) is 0. The van der Waals surface area contributed by atoms with Crippen LogP contribution in [0, 0.1) is 5.92 Å². The minimum Gasteiger partial charge on any atom is -0.480 e. The molecule has 0 aromatic heterocycles. The molecule has 0 saturated heterocycles. The molecule has 2 unspecified atom stereocenters. The van der Waals surface area contributed by atoms with Crippen LogP contribution in [0.2, 0.25) is 0 Å². The van der Waals surface area contributed by atoms with E-state index in [1.807, 2.05) is 0 Å². The monoisotopic (exact) mass is 238 g/mol. The Morgan fingerprint density at radius 3 is 1.60 bits per heavy atom. The third kappa shape index (κ3) is 9.51. The van der Waals surface area contributed by atoms with E-state index in [4.69, 9.17) is 21.7 Å². The molecule has 2 atom stereocenters. The number of carbonyl (C=O) groups is 2. The maximum Gasteiger partial charge on any atom is 0.321 e. The van der Waals surface area contributed by atoms with E-state index in [1.54, 1.807) is 13.8 Å². The zero-order valence-electron chi connectivity index (χ0n) is 8.75. The van der Waals surface area contributed by atoms with E-state index in [2.05, 4.69) is 12.6 Å². The van der Waals surface area contributed by atoms with Gasteiger partial charge in [-0.1, -0.05) is 13.8 Å². The summed E-state index contributed by atoms with van der Waals surface area (Å²) < 4.78 is 0. The van der Waals surface area contributed by atoms with Gasteiger partial charge in [0.2, 0.25) is 0 Å². The average Bonchev–Trinajstić information content (AvgIpc) is 2.15. The van der Waals surface area contributed by atoms with E-state index >= 15 is 0 Å². The van der Waals surface area contributed by atoms with Gasteiger partial charge >= 0.3 is 11.9 Å². The summed E-state index contributed by atoms with van der Waals surface area (Å²) in [5, 5.41) is 16.2. The van der Waals surface area contributed by atoms with Crippen molar-refractivity contribution in [2.75, 3.05) is 5.75 Å². The van der Waals surface area contributed by atoms with Gasteiger partial charge in [-0.05, 0) is 5.92 Å². The molecule has 90 valence electrons. The first-order valence-electron chi connectivity index (χ1n) is 4.31. The lowest BCUT2D eigenvalue weighted by Gasteiger charge is -2.07. The third-order valence-electron chi connectivity index (χ3n) is 1.52. The van der Waals surface area contributed by atoms with Crippen molar-refractivity contribution in [3.05, 3.63) is 0 Å². The lowest BCUT2D eigenvalue weighted by Crippen LogP contribution is -2.34. The van der Waals surface area contributed by atoms with E-state index in [9.17, 15) is 9.59 Å². The van der Waals surface area contributed by atoms with Gasteiger partial charge in [0.05, 0.1) is 0 Å². The van der Waals surface area contributed by atoms with Crippen LogP contribution >= 0.6 is 12.6 Å². The standard InChI is InChI=1S/C5H11NO2.C3H7NO2S/c1-3(2)4(6)5(7)8;4-2(1-7)3(5)6/h3-4H,6H2,1-2H3,(H,7,8);2,7H,1,4H2,(H,5,6). The lowest BCUT2D eigenvalue weighted by atomic mass is 10.1. The summed E-state index contributed by atoms with van der Waals surface area (Å²) >= 11 is 3.65. The zero-order valence-corrected chi connectivity index (χ0v) is 9.65. The number of aliphatic carboxylic acids is 2. The number of carboxylic acids is 2. The van der Waals surface area contributed by atoms with Crippen LogP contribution in [0.5, 0.6) is 0 Å². The number of thiol groups is 1. The second-order valence-corrected chi connectivity index (χ2v) is 3.60. The molecule has 0 amide bonds. The molecule has 0 heterocycles. The molecule has 0 aliphatic heterocycles. The largest absolute Gasteiger partial charge is 0.480 e. The molecular formula is C8H18N2O4S. The lowest BCUT2D eigenvalue weighted by molar-refractivity contribution is -0.140. The fourth-order valence-corrected chi connectivity index (χ4v) is 0.519. The van der Waals surface area contributed by atoms with E-state index in [0.29, 0.717) is 0 Å². The molecule has 0 aliphatic rings. The fraction of sp³-hybridized carbons (Fsp3) is 0.750. The van der Waals surface area contributed by atoms with Crippen LogP contribution in [0.1, 0.15) is 13.8 Å². The van der Waals surface area contributed by atoms with Gasteiger partial charge in [-0.15, -0.1) is 0 Å². The quantitative estimate of drug-likeness (QED) is 0.415. The van der Waals surface area contributed by atoms with Crippen LogP contribution in [-0.2, 0) is 9.59 Å². The van der Waals surface area contributed by atoms with Crippen molar-refractivity contribution in [3.63, 3.8) is 0 Å². The normalized spacial score (nSPS) is 13.7. The Kier molecular flexibility index (Phi) is 9.44. The first-order chi connectivity index (χ1) is 6.73. The van der Waals surface area contributed by atoms with Crippen LogP contribution in [0.15, 0.2) is 0 Å². The van der Waals surface area contributed by atoms with Crippen LogP contribution in [0.3, 0.4) is 0 Å². The predicted molar refractivity (Wildman–Crippen MR) is 59.9 cm³/mol. The van der Waals surface area contributed by atoms with E-state index in [0.717, 1.165) is 0 Å². The molecule has 0 saturated carbocycles. The molecule has 15 heavy (non-hydrogen) atoms. The minimum absolute atomic E-state index is 0.0208. The molecule has 6 N–H and O–H groups in total. The van der Waals surface area contributed by atoms with Crippen molar-refractivity contribution >= 4 is 24.6 Å². The average molecular weight is 238 g/mol. The molecule has 0 aliphatic carbocycles. The maximum atomic E-state index is 10.0. The fourth-order valence-electron chi connectivity index (χ4n) is 0.363. The minimum atomic E-state index is -1.00. The highest BCUT2D eigenvalue weighted by atomic mass is 32.1. The number of carboxylic acid groups (broad SMARTS) is 2. The van der Waals surface area contributed by atoms with Gasteiger partial charge in [0, 0.05) is 5.75 Å². The predicted octanol–water partition coefficient (Wildman–Crippen LogP) is -0.618. The summed E-state index contributed by atoms with van der Waals surface area (Å²) in [5.41, 5.74) is 10.1. The zero-order chi connectivity index (χ0) is 12.6. The van der Waals surface area contributed by atoms with Crippen molar-refractivity contribution in [1.29, 1.82) is 0 Å². The summed E-state index contributed by atoms with van der Waals surface area (Å²) in [6, 6.07) is -1.53. The molecule has 0 radical (unpaired) electrons. The smallest absolute Gasteiger partial charge is 0.321 e. The van der Waals surface area contributed by atoms with Crippen molar-refractivity contribution in [3.8, 4) is 0 Å². The summed E-state index contributed by atoms with van der Waals surface area (Å²) in [4.78, 5) is 19.8. The van der Waals surface area contributed by atoms with Crippen molar-refractivity contribution < 1.29 is 19.8 Å². The topological polar surface area (TPSA) is 127 Å². The van der Waals surface area contributed by atoms with Crippen molar-refractivity contribution in [1.82, 2.24) is 0 Å². The Bertz CT molecular complexity index is 211. The van der Waals surface area contributed by atoms with Gasteiger partial charge in [0.25, 0.3) is 0 Å². The van der Waals surface area contributed by atoms with Crippen LogP contribution in [0.4, 0.5) is 0 Å². The Morgan fingerprint density at radius 2 is 1.60 bits per heavy atom. The maximum absolute atomic E-state index is 10.0. The third-order valence-corrected chi connectivity index (χ3v) is 1.91. The molecule has 7 heteroatoms. The second-order valence-electron chi connectivity index (χ2n) is 3.24. The van der Waals surface area contributed by atoms with E-state index in [-0.39, 0.29) is 11.7 Å². The summed E-state index contributed by atoms with van der Waals surface area (Å²) in [6.07, 6.45) is 0. The number of rotatable bonds is 4. The summed E-state index contributed by atoms with van der Waals surface area (Å²) in [5.74, 6) is -1.72. The van der Waals surface area contributed by atoms with Gasteiger partial charge in [0.1, 0.15) is 12.1 Å². The molecule has 0 rings (SSSR count). The Labute approximate surface area is 94.0 Å². The molecule has 0 fully saturated rings. The van der Waals surface area contributed by atoms with Gasteiger partial charge in [-0.2, -0.15) is 12.6 Å². The molecule has 0 aromatic carbocycles. The molecular weight excluding hydrogens is 220 g/mol. The first-order valence-corrected chi connectivity index (χ1v) is 4.94. The number of hydrogen-bond acceptors (Lipinski definition) is 5. The Morgan fingerprint density at radius 1 is 1.20 bits per heavy atom. The van der Waals surface area contributed by atoms with Gasteiger partial charge < -0.3 is 21.7 Å².